The molecular formula is C27H36N2O4. The first-order valence-corrected chi connectivity index (χ1v) is 11.6. The Balaban J connectivity index is 1.80. The maximum absolute atomic E-state index is 13.0. The molecule has 2 amide bonds. The minimum Gasteiger partial charge on any atom is -0.445 e. The molecule has 2 atom stereocenters. The third kappa shape index (κ3) is 6.50. The molecule has 0 radical (unpaired) electrons. The average Bonchev–Trinajstić information content (AvgIpc) is 3.27. The quantitative estimate of drug-likeness (QED) is 0.577. The van der Waals surface area contributed by atoms with Crippen LogP contribution in [-0.2, 0) is 16.1 Å². The summed E-state index contributed by atoms with van der Waals surface area (Å²) in [4.78, 5) is 27.6. The summed E-state index contributed by atoms with van der Waals surface area (Å²) < 4.78 is 11.2. The topological polar surface area (TPSA) is 67.9 Å². The van der Waals surface area contributed by atoms with Gasteiger partial charge in [-0.2, -0.15) is 0 Å². The average molecular weight is 453 g/mol. The van der Waals surface area contributed by atoms with Crippen LogP contribution >= 0.6 is 0 Å². The maximum atomic E-state index is 13.0. The summed E-state index contributed by atoms with van der Waals surface area (Å²) in [5.41, 5.74) is 0.851. The van der Waals surface area contributed by atoms with Gasteiger partial charge in [0.25, 0.3) is 0 Å². The molecule has 1 fully saturated rings. The van der Waals surface area contributed by atoms with Gasteiger partial charge in [0.2, 0.25) is 0 Å². The summed E-state index contributed by atoms with van der Waals surface area (Å²) in [6, 6.07) is 19.1. The highest BCUT2D eigenvalue weighted by atomic mass is 16.6. The molecule has 0 spiro atoms. The molecule has 1 aliphatic heterocycles. The van der Waals surface area contributed by atoms with E-state index in [1.165, 1.54) is 0 Å². The van der Waals surface area contributed by atoms with Crippen LogP contribution in [0.1, 0.15) is 64.6 Å². The second-order valence-corrected chi connectivity index (χ2v) is 10.2. The summed E-state index contributed by atoms with van der Waals surface area (Å²) in [6.07, 6.45) is 0.939. The SMILES string of the molecule is CC(C)(C)OC(=O)N[C@H](c1ccccc1)C(C)(C)[C@H]1CCCN1C(=O)OCc1ccccc1. The number of ether oxygens (including phenoxy) is 2. The van der Waals surface area contributed by atoms with Crippen molar-refractivity contribution >= 4 is 12.2 Å². The van der Waals surface area contributed by atoms with Gasteiger partial charge >= 0.3 is 12.2 Å². The fourth-order valence-corrected chi connectivity index (χ4v) is 4.52. The third-order valence-corrected chi connectivity index (χ3v) is 6.09. The Bertz CT molecular complexity index is 922. The van der Waals surface area contributed by atoms with Crippen LogP contribution in [0.25, 0.3) is 0 Å². The van der Waals surface area contributed by atoms with Crippen molar-refractivity contribution in [3.8, 4) is 0 Å². The molecule has 1 N–H and O–H groups in total. The van der Waals surface area contributed by atoms with Crippen molar-refractivity contribution in [2.45, 2.75) is 71.8 Å². The van der Waals surface area contributed by atoms with E-state index in [9.17, 15) is 9.59 Å². The lowest BCUT2D eigenvalue weighted by atomic mass is 9.73. The van der Waals surface area contributed by atoms with Gasteiger partial charge in [-0.1, -0.05) is 74.5 Å². The zero-order valence-corrected chi connectivity index (χ0v) is 20.3. The number of rotatable bonds is 6. The van der Waals surface area contributed by atoms with Crippen LogP contribution in [0.5, 0.6) is 0 Å². The number of nitrogens with zero attached hydrogens (tertiary/aromatic N) is 1. The van der Waals surface area contributed by atoms with E-state index in [0.29, 0.717) is 6.54 Å². The lowest BCUT2D eigenvalue weighted by Gasteiger charge is -2.43. The number of carbonyl (C=O) groups excluding carboxylic acids is 2. The van der Waals surface area contributed by atoms with Gasteiger partial charge < -0.3 is 19.7 Å². The summed E-state index contributed by atoms with van der Waals surface area (Å²) >= 11 is 0. The Morgan fingerprint density at radius 1 is 1.00 bits per heavy atom. The van der Waals surface area contributed by atoms with Gasteiger partial charge in [-0.05, 0) is 44.7 Å². The first kappa shape index (κ1) is 24.6. The van der Waals surface area contributed by atoms with E-state index in [-0.39, 0.29) is 24.8 Å². The van der Waals surface area contributed by atoms with Crippen LogP contribution in [0.3, 0.4) is 0 Å². The zero-order chi connectivity index (χ0) is 24.1. The van der Waals surface area contributed by atoms with E-state index in [0.717, 1.165) is 24.0 Å². The number of carbonyl (C=O) groups is 2. The molecule has 2 aromatic carbocycles. The van der Waals surface area contributed by atoms with Crippen molar-refractivity contribution in [1.29, 1.82) is 0 Å². The van der Waals surface area contributed by atoms with E-state index in [1.54, 1.807) is 0 Å². The predicted molar refractivity (Wildman–Crippen MR) is 129 cm³/mol. The lowest BCUT2D eigenvalue weighted by Crippen LogP contribution is -2.51. The highest BCUT2D eigenvalue weighted by Gasteiger charge is 2.46. The molecule has 0 aliphatic carbocycles. The number of alkyl carbamates (subject to hydrolysis) is 1. The maximum Gasteiger partial charge on any atom is 0.410 e. The minimum atomic E-state index is -0.601. The molecule has 0 saturated carbocycles. The number of benzene rings is 2. The van der Waals surface area contributed by atoms with Gasteiger partial charge in [-0.15, -0.1) is 0 Å². The van der Waals surface area contributed by atoms with Gasteiger partial charge in [-0.25, -0.2) is 9.59 Å². The predicted octanol–water partition coefficient (Wildman–Crippen LogP) is 6.08. The summed E-state index contributed by atoms with van der Waals surface area (Å²) in [7, 11) is 0. The molecule has 178 valence electrons. The van der Waals surface area contributed by atoms with E-state index < -0.39 is 17.1 Å². The van der Waals surface area contributed by atoms with Gasteiger partial charge in [-0.3, -0.25) is 0 Å². The number of hydrogen-bond donors (Lipinski definition) is 1. The van der Waals surface area contributed by atoms with Crippen LogP contribution in [0.4, 0.5) is 9.59 Å². The standard InChI is InChI=1S/C27H36N2O4/c1-26(2,3)33-24(30)28-23(21-15-10-7-11-16-21)27(4,5)22-17-12-18-29(22)25(31)32-19-20-13-8-6-9-14-20/h6-11,13-16,22-23H,12,17-19H2,1-5H3,(H,28,30)/t22-,23-/m1/s1. The van der Waals surface area contributed by atoms with Crippen molar-refractivity contribution in [2.75, 3.05) is 6.54 Å². The van der Waals surface area contributed by atoms with Crippen molar-refractivity contribution in [2.24, 2.45) is 5.41 Å². The highest BCUT2D eigenvalue weighted by molar-refractivity contribution is 5.70. The Morgan fingerprint density at radius 3 is 2.21 bits per heavy atom. The number of hydrogen-bond acceptors (Lipinski definition) is 4. The molecule has 33 heavy (non-hydrogen) atoms. The third-order valence-electron chi connectivity index (χ3n) is 6.09. The van der Waals surface area contributed by atoms with Gasteiger partial charge in [0, 0.05) is 18.0 Å². The largest absolute Gasteiger partial charge is 0.445 e. The molecule has 2 aromatic rings. The van der Waals surface area contributed by atoms with Gasteiger partial charge in [0.1, 0.15) is 12.2 Å². The Hall–Kier alpha value is -3.02. The monoisotopic (exact) mass is 452 g/mol. The fraction of sp³-hybridized carbons (Fsp3) is 0.481. The summed E-state index contributed by atoms with van der Waals surface area (Å²) in [6.45, 7) is 10.6. The molecule has 0 unspecified atom stereocenters. The van der Waals surface area contributed by atoms with E-state index in [2.05, 4.69) is 19.2 Å². The zero-order valence-electron chi connectivity index (χ0n) is 20.3. The molecule has 1 saturated heterocycles. The number of likely N-dealkylation sites (tertiary alicyclic amines) is 1. The smallest absolute Gasteiger partial charge is 0.410 e. The van der Waals surface area contributed by atoms with E-state index in [1.807, 2.05) is 86.3 Å². The Kier molecular flexibility index (Phi) is 7.67. The van der Waals surface area contributed by atoms with E-state index in [4.69, 9.17) is 9.47 Å². The van der Waals surface area contributed by atoms with E-state index >= 15 is 0 Å². The molecule has 6 heteroatoms. The van der Waals surface area contributed by atoms with Crippen molar-refractivity contribution in [1.82, 2.24) is 10.2 Å². The molecular weight excluding hydrogens is 416 g/mol. The van der Waals surface area contributed by atoms with Gasteiger partial charge in [0.15, 0.2) is 0 Å². The fourth-order valence-electron chi connectivity index (χ4n) is 4.52. The minimum absolute atomic E-state index is 0.0964. The summed E-state index contributed by atoms with van der Waals surface area (Å²) in [5, 5.41) is 3.08. The second kappa shape index (κ2) is 10.3. The van der Waals surface area contributed by atoms with Gasteiger partial charge in [0.05, 0.1) is 6.04 Å². The highest BCUT2D eigenvalue weighted by Crippen LogP contribution is 2.43. The van der Waals surface area contributed by atoms with Crippen molar-refractivity contribution in [3.05, 3.63) is 71.8 Å². The van der Waals surface area contributed by atoms with Crippen LogP contribution in [-0.4, -0.2) is 35.3 Å². The molecule has 1 heterocycles. The molecule has 0 aromatic heterocycles. The number of amides is 2. The molecule has 6 nitrogen and oxygen atoms in total. The first-order valence-electron chi connectivity index (χ1n) is 11.6. The summed E-state index contributed by atoms with van der Waals surface area (Å²) in [5.74, 6) is 0. The number of nitrogens with one attached hydrogen (secondary N) is 1. The van der Waals surface area contributed by atoms with Crippen molar-refractivity contribution in [3.63, 3.8) is 0 Å². The lowest BCUT2D eigenvalue weighted by molar-refractivity contribution is 0.0323. The Labute approximate surface area is 197 Å². The second-order valence-electron chi connectivity index (χ2n) is 10.2. The molecule has 1 aliphatic rings. The molecule has 0 bridgehead atoms. The first-order chi connectivity index (χ1) is 15.6. The molecule has 3 rings (SSSR count). The normalized spacial score (nSPS) is 17.4. The van der Waals surface area contributed by atoms with Crippen LogP contribution in [0, 0.1) is 5.41 Å². The van der Waals surface area contributed by atoms with Crippen LogP contribution < -0.4 is 5.32 Å². The van der Waals surface area contributed by atoms with Crippen molar-refractivity contribution < 1.29 is 19.1 Å². The van der Waals surface area contributed by atoms with Crippen LogP contribution in [0.2, 0.25) is 0 Å². The van der Waals surface area contributed by atoms with Crippen LogP contribution in [0.15, 0.2) is 60.7 Å². The Morgan fingerprint density at radius 2 is 1.61 bits per heavy atom.